The second-order valence-corrected chi connectivity index (χ2v) is 6.99. The highest BCUT2D eigenvalue weighted by Gasteiger charge is 2.16. The number of hydrogen-bond acceptors (Lipinski definition) is 5. The Balaban J connectivity index is 1.63. The summed E-state index contributed by atoms with van der Waals surface area (Å²) in [5.41, 5.74) is 14.5. The molecule has 0 fully saturated rings. The maximum Gasteiger partial charge on any atom is 0.195 e. The molecule has 0 bridgehead atoms. The smallest absolute Gasteiger partial charge is 0.195 e. The van der Waals surface area contributed by atoms with E-state index in [0.717, 1.165) is 0 Å². The highest BCUT2D eigenvalue weighted by molar-refractivity contribution is 6.13. The largest absolute Gasteiger partial charge is 0.457 e. The van der Waals surface area contributed by atoms with E-state index < -0.39 is 0 Å². The Labute approximate surface area is 179 Å². The van der Waals surface area contributed by atoms with Crippen LogP contribution in [0, 0.1) is 0 Å². The first-order valence-electron chi connectivity index (χ1n) is 9.69. The Morgan fingerprint density at radius 1 is 0.548 bits per heavy atom. The van der Waals surface area contributed by atoms with Gasteiger partial charge in [0, 0.05) is 33.6 Å². The number of nitrogen functional groups attached to an aromatic ring is 2. The van der Waals surface area contributed by atoms with Gasteiger partial charge < -0.3 is 16.2 Å². The molecule has 4 aromatic rings. The van der Waals surface area contributed by atoms with Crippen LogP contribution in [0.3, 0.4) is 0 Å². The number of ketones is 2. The quantitative estimate of drug-likeness (QED) is 0.342. The molecule has 4 aromatic carbocycles. The summed E-state index contributed by atoms with van der Waals surface area (Å²) < 4.78 is 5.93. The SMILES string of the molecule is Nc1ccc(Oc2ccc(N)c(C(=O)c3ccccc3)c2)cc1C(=O)c1ccccc1. The van der Waals surface area contributed by atoms with E-state index in [-0.39, 0.29) is 11.6 Å². The molecule has 4 rings (SSSR count). The van der Waals surface area contributed by atoms with Crippen LogP contribution in [0.5, 0.6) is 11.5 Å². The third-order valence-corrected chi connectivity index (χ3v) is 4.85. The summed E-state index contributed by atoms with van der Waals surface area (Å²) in [6.07, 6.45) is 0. The fraction of sp³-hybridized carbons (Fsp3) is 0. The van der Waals surface area contributed by atoms with Gasteiger partial charge in [-0.05, 0) is 36.4 Å². The van der Waals surface area contributed by atoms with Gasteiger partial charge in [-0.1, -0.05) is 60.7 Å². The molecule has 0 heterocycles. The summed E-state index contributed by atoms with van der Waals surface area (Å²) in [6, 6.07) is 27.6. The van der Waals surface area contributed by atoms with Crippen molar-refractivity contribution in [2.24, 2.45) is 0 Å². The Bertz CT molecular complexity index is 1150. The molecule has 0 atom stereocenters. The van der Waals surface area contributed by atoms with E-state index in [4.69, 9.17) is 16.2 Å². The summed E-state index contributed by atoms with van der Waals surface area (Å²) in [5, 5.41) is 0. The first-order valence-corrected chi connectivity index (χ1v) is 9.69. The molecular formula is C26H20N2O3. The molecule has 0 unspecified atom stereocenters. The standard InChI is InChI=1S/C26H20N2O3/c27-23-13-11-19(15-21(23)25(29)17-7-3-1-4-8-17)31-20-12-14-24(28)22(16-20)26(30)18-9-5-2-6-10-18/h1-16H,27-28H2. The molecule has 5 nitrogen and oxygen atoms in total. The Morgan fingerprint density at radius 2 is 0.935 bits per heavy atom. The predicted octanol–water partition coefficient (Wildman–Crippen LogP) is 5.11. The lowest BCUT2D eigenvalue weighted by molar-refractivity contribution is 0.103. The molecule has 0 aliphatic heterocycles. The average molecular weight is 408 g/mol. The lowest BCUT2D eigenvalue weighted by Crippen LogP contribution is -2.06. The maximum atomic E-state index is 12.8. The van der Waals surface area contributed by atoms with Crippen LogP contribution in [-0.2, 0) is 0 Å². The molecule has 5 heteroatoms. The van der Waals surface area contributed by atoms with Crippen LogP contribution in [0.15, 0.2) is 97.1 Å². The maximum absolute atomic E-state index is 12.8. The zero-order valence-corrected chi connectivity index (χ0v) is 16.6. The highest BCUT2D eigenvalue weighted by Crippen LogP contribution is 2.29. The molecule has 0 amide bonds. The van der Waals surface area contributed by atoms with Crippen molar-refractivity contribution in [1.82, 2.24) is 0 Å². The first-order chi connectivity index (χ1) is 15.0. The fourth-order valence-electron chi connectivity index (χ4n) is 3.22. The predicted molar refractivity (Wildman–Crippen MR) is 122 cm³/mol. The molecular weight excluding hydrogens is 388 g/mol. The van der Waals surface area contributed by atoms with Gasteiger partial charge in [0.1, 0.15) is 11.5 Å². The van der Waals surface area contributed by atoms with Gasteiger partial charge in [0.25, 0.3) is 0 Å². The topological polar surface area (TPSA) is 95.4 Å². The molecule has 4 N–H and O–H groups in total. The zero-order chi connectivity index (χ0) is 21.8. The van der Waals surface area contributed by atoms with Crippen molar-refractivity contribution < 1.29 is 14.3 Å². The minimum atomic E-state index is -0.194. The van der Waals surface area contributed by atoms with Gasteiger partial charge in [-0.15, -0.1) is 0 Å². The number of anilines is 2. The van der Waals surface area contributed by atoms with E-state index in [2.05, 4.69) is 0 Å². The lowest BCUT2D eigenvalue weighted by atomic mass is 10.0. The number of hydrogen-bond donors (Lipinski definition) is 2. The molecule has 0 aliphatic carbocycles. The van der Waals surface area contributed by atoms with E-state index in [0.29, 0.717) is 45.1 Å². The normalized spacial score (nSPS) is 10.5. The van der Waals surface area contributed by atoms with Crippen molar-refractivity contribution in [3.05, 3.63) is 119 Å². The molecule has 31 heavy (non-hydrogen) atoms. The molecule has 0 saturated carbocycles. The molecule has 0 spiro atoms. The fourth-order valence-corrected chi connectivity index (χ4v) is 3.22. The third kappa shape index (κ3) is 4.31. The van der Waals surface area contributed by atoms with Gasteiger partial charge in [-0.3, -0.25) is 9.59 Å². The summed E-state index contributed by atoms with van der Waals surface area (Å²) in [7, 11) is 0. The third-order valence-electron chi connectivity index (χ3n) is 4.85. The number of carbonyl (C=O) groups excluding carboxylic acids is 2. The Morgan fingerprint density at radius 3 is 1.32 bits per heavy atom. The summed E-state index contributed by atoms with van der Waals surface area (Å²) in [4.78, 5) is 25.6. The van der Waals surface area contributed by atoms with Crippen LogP contribution in [0.25, 0.3) is 0 Å². The minimum Gasteiger partial charge on any atom is -0.457 e. The monoisotopic (exact) mass is 408 g/mol. The van der Waals surface area contributed by atoms with Crippen molar-refractivity contribution in [3.8, 4) is 11.5 Å². The lowest BCUT2D eigenvalue weighted by Gasteiger charge is -2.12. The van der Waals surface area contributed by atoms with Crippen LogP contribution in [0.1, 0.15) is 31.8 Å². The first kappa shape index (κ1) is 19.9. The Hall–Kier alpha value is -4.38. The number of benzene rings is 4. The van der Waals surface area contributed by atoms with Gasteiger partial charge in [0.15, 0.2) is 11.6 Å². The van der Waals surface area contributed by atoms with E-state index in [1.807, 2.05) is 12.1 Å². The van der Waals surface area contributed by atoms with E-state index in [9.17, 15) is 9.59 Å². The number of carbonyl (C=O) groups is 2. The average Bonchev–Trinajstić information content (AvgIpc) is 2.82. The van der Waals surface area contributed by atoms with Gasteiger partial charge in [0.05, 0.1) is 0 Å². The number of nitrogens with two attached hydrogens (primary N) is 2. The Kier molecular flexibility index (Phi) is 5.49. The molecule has 0 saturated heterocycles. The van der Waals surface area contributed by atoms with Gasteiger partial charge in [0.2, 0.25) is 0 Å². The van der Waals surface area contributed by atoms with E-state index in [1.165, 1.54) is 0 Å². The van der Waals surface area contributed by atoms with E-state index in [1.54, 1.807) is 84.9 Å². The summed E-state index contributed by atoms with van der Waals surface area (Å²) in [6.45, 7) is 0. The van der Waals surface area contributed by atoms with Gasteiger partial charge in [-0.25, -0.2) is 0 Å². The van der Waals surface area contributed by atoms with Crippen LogP contribution >= 0.6 is 0 Å². The van der Waals surface area contributed by atoms with Crippen LogP contribution in [-0.4, -0.2) is 11.6 Å². The van der Waals surface area contributed by atoms with Crippen molar-refractivity contribution in [1.29, 1.82) is 0 Å². The van der Waals surface area contributed by atoms with E-state index >= 15 is 0 Å². The summed E-state index contributed by atoms with van der Waals surface area (Å²) in [5.74, 6) is 0.467. The molecule has 0 radical (unpaired) electrons. The van der Waals surface area contributed by atoms with Gasteiger partial charge >= 0.3 is 0 Å². The van der Waals surface area contributed by atoms with Crippen molar-refractivity contribution >= 4 is 22.9 Å². The molecule has 152 valence electrons. The van der Waals surface area contributed by atoms with Crippen molar-refractivity contribution in [2.45, 2.75) is 0 Å². The van der Waals surface area contributed by atoms with Crippen molar-refractivity contribution in [3.63, 3.8) is 0 Å². The van der Waals surface area contributed by atoms with Gasteiger partial charge in [-0.2, -0.15) is 0 Å². The second-order valence-electron chi connectivity index (χ2n) is 6.99. The van der Waals surface area contributed by atoms with Crippen LogP contribution in [0.4, 0.5) is 11.4 Å². The van der Waals surface area contributed by atoms with Crippen LogP contribution < -0.4 is 16.2 Å². The zero-order valence-electron chi connectivity index (χ0n) is 16.6. The van der Waals surface area contributed by atoms with Crippen LogP contribution in [0.2, 0.25) is 0 Å². The van der Waals surface area contributed by atoms with Crippen molar-refractivity contribution in [2.75, 3.05) is 11.5 Å². The number of ether oxygens (including phenoxy) is 1. The second kappa shape index (κ2) is 8.55. The number of rotatable bonds is 6. The molecule has 0 aromatic heterocycles. The minimum absolute atomic E-state index is 0.194. The summed E-state index contributed by atoms with van der Waals surface area (Å²) >= 11 is 0. The highest BCUT2D eigenvalue weighted by atomic mass is 16.5. The molecule has 0 aliphatic rings.